The molecule has 0 unspecified atom stereocenters. The SMILES string of the molecule is CCc1cccc(C)c1-n1c(C)cc(/C=N\NC(=O)c2cccc3ccccc23)c1C. The highest BCUT2D eigenvalue weighted by molar-refractivity contribution is 6.07. The molecule has 0 fully saturated rings. The van der Waals surface area contributed by atoms with E-state index in [4.69, 9.17) is 0 Å². The second-order valence-electron chi connectivity index (χ2n) is 7.82. The van der Waals surface area contributed by atoms with Crippen LogP contribution < -0.4 is 5.43 Å². The highest BCUT2D eigenvalue weighted by Gasteiger charge is 2.14. The first kappa shape index (κ1) is 20.6. The summed E-state index contributed by atoms with van der Waals surface area (Å²) in [6, 6.07) is 22.1. The van der Waals surface area contributed by atoms with Crippen molar-refractivity contribution in [3.63, 3.8) is 0 Å². The number of carbonyl (C=O) groups excluding carboxylic acids is 1. The first-order chi connectivity index (χ1) is 15.0. The number of nitrogens with one attached hydrogen (secondary N) is 1. The van der Waals surface area contributed by atoms with Gasteiger partial charge in [0.1, 0.15) is 0 Å². The molecular formula is C27H27N3O. The highest BCUT2D eigenvalue weighted by atomic mass is 16.2. The Kier molecular flexibility index (Phi) is 5.72. The zero-order chi connectivity index (χ0) is 22.0. The Bertz CT molecular complexity index is 1290. The molecule has 0 spiro atoms. The monoisotopic (exact) mass is 409 g/mol. The van der Waals surface area contributed by atoms with Crippen LogP contribution in [0.1, 0.15) is 45.4 Å². The predicted molar refractivity (Wildman–Crippen MR) is 128 cm³/mol. The van der Waals surface area contributed by atoms with Gasteiger partial charge in [0, 0.05) is 22.5 Å². The molecule has 3 aromatic carbocycles. The molecular weight excluding hydrogens is 382 g/mol. The van der Waals surface area contributed by atoms with Crippen LogP contribution in [0.2, 0.25) is 0 Å². The standard InChI is InChI=1S/C27H27N3O/c1-5-21-12-8-10-18(2)26(21)30-19(3)16-23(20(30)4)17-28-29-27(31)25-15-9-13-22-11-6-7-14-24(22)25/h6-17H,5H2,1-4H3,(H,29,31)/b28-17-. The van der Waals surface area contributed by atoms with E-state index in [1.807, 2.05) is 42.5 Å². The van der Waals surface area contributed by atoms with Crippen molar-refractivity contribution in [1.29, 1.82) is 0 Å². The molecule has 4 aromatic rings. The molecule has 0 radical (unpaired) electrons. The second-order valence-corrected chi connectivity index (χ2v) is 7.82. The zero-order valence-corrected chi connectivity index (χ0v) is 18.4. The highest BCUT2D eigenvalue weighted by Crippen LogP contribution is 2.26. The normalized spacial score (nSPS) is 11.4. The van der Waals surface area contributed by atoms with Crippen molar-refractivity contribution in [2.75, 3.05) is 0 Å². The van der Waals surface area contributed by atoms with Gasteiger partial charge in [-0.2, -0.15) is 5.10 Å². The van der Waals surface area contributed by atoms with Crippen LogP contribution in [0.15, 0.2) is 71.8 Å². The molecule has 4 heteroatoms. The Morgan fingerprint density at radius 3 is 2.55 bits per heavy atom. The van der Waals surface area contributed by atoms with Gasteiger partial charge in [-0.1, -0.05) is 61.5 Å². The summed E-state index contributed by atoms with van der Waals surface area (Å²) in [4.78, 5) is 12.7. The number of rotatable bonds is 5. The Morgan fingerprint density at radius 1 is 1.00 bits per heavy atom. The van der Waals surface area contributed by atoms with E-state index in [-0.39, 0.29) is 5.91 Å². The van der Waals surface area contributed by atoms with E-state index < -0.39 is 0 Å². The minimum Gasteiger partial charge on any atom is -0.317 e. The lowest BCUT2D eigenvalue weighted by Crippen LogP contribution is -2.18. The molecule has 1 N–H and O–H groups in total. The molecule has 0 aliphatic carbocycles. The third-order valence-corrected chi connectivity index (χ3v) is 5.80. The fourth-order valence-corrected chi connectivity index (χ4v) is 4.23. The van der Waals surface area contributed by atoms with Gasteiger partial charge < -0.3 is 4.57 Å². The first-order valence-corrected chi connectivity index (χ1v) is 10.6. The second kappa shape index (κ2) is 8.60. The van der Waals surface area contributed by atoms with Crippen molar-refractivity contribution in [3.8, 4) is 5.69 Å². The van der Waals surface area contributed by atoms with Crippen LogP contribution in [0.25, 0.3) is 16.5 Å². The number of para-hydroxylation sites is 1. The van der Waals surface area contributed by atoms with Crippen LogP contribution in [-0.2, 0) is 6.42 Å². The molecule has 1 amide bonds. The van der Waals surface area contributed by atoms with E-state index in [1.165, 1.54) is 16.8 Å². The van der Waals surface area contributed by atoms with Crippen molar-refractivity contribution in [1.82, 2.24) is 9.99 Å². The Labute approximate surface area is 183 Å². The molecule has 1 heterocycles. The number of aromatic nitrogens is 1. The van der Waals surface area contributed by atoms with Gasteiger partial charge in [0.15, 0.2) is 0 Å². The van der Waals surface area contributed by atoms with Crippen LogP contribution in [0, 0.1) is 20.8 Å². The largest absolute Gasteiger partial charge is 0.317 e. The average molecular weight is 410 g/mol. The Balaban J connectivity index is 1.61. The van der Waals surface area contributed by atoms with E-state index in [0.29, 0.717) is 5.56 Å². The van der Waals surface area contributed by atoms with Crippen molar-refractivity contribution in [2.24, 2.45) is 5.10 Å². The van der Waals surface area contributed by atoms with Gasteiger partial charge in [0.2, 0.25) is 0 Å². The van der Waals surface area contributed by atoms with E-state index in [0.717, 1.165) is 34.1 Å². The third-order valence-electron chi connectivity index (χ3n) is 5.80. The molecule has 0 saturated heterocycles. The molecule has 156 valence electrons. The van der Waals surface area contributed by atoms with Gasteiger partial charge in [-0.25, -0.2) is 5.43 Å². The summed E-state index contributed by atoms with van der Waals surface area (Å²) in [6.07, 6.45) is 2.70. The van der Waals surface area contributed by atoms with E-state index in [1.54, 1.807) is 6.21 Å². The zero-order valence-electron chi connectivity index (χ0n) is 18.4. The van der Waals surface area contributed by atoms with Crippen molar-refractivity contribution in [3.05, 3.63) is 100 Å². The minimum absolute atomic E-state index is 0.214. The number of hydrogen-bond donors (Lipinski definition) is 1. The van der Waals surface area contributed by atoms with Crippen molar-refractivity contribution >= 4 is 22.9 Å². The van der Waals surface area contributed by atoms with Gasteiger partial charge in [-0.15, -0.1) is 0 Å². The summed E-state index contributed by atoms with van der Waals surface area (Å²) >= 11 is 0. The van der Waals surface area contributed by atoms with E-state index in [2.05, 4.69) is 67.1 Å². The number of amides is 1. The van der Waals surface area contributed by atoms with Crippen LogP contribution in [0.3, 0.4) is 0 Å². The maximum atomic E-state index is 12.7. The molecule has 0 aliphatic rings. The van der Waals surface area contributed by atoms with Crippen molar-refractivity contribution in [2.45, 2.75) is 34.1 Å². The lowest BCUT2D eigenvalue weighted by atomic mass is 10.0. The molecule has 4 nitrogen and oxygen atoms in total. The Morgan fingerprint density at radius 2 is 1.74 bits per heavy atom. The number of fused-ring (bicyclic) bond motifs is 1. The summed E-state index contributed by atoms with van der Waals surface area (Å²) in [5.74, 6) is -0.214. The van der Waals surface area contributed by atoms with Crippen LogP contribution in [0.5, 0.6) is 0 Å². The molecule has 0 aliphatic heterocycles. The summed E-state index contributed by atoms with van der Waals surface area (Å²) in [5, 5.41) is 6.21. The summed E-state index contributed by atoms with van der Waals surface area (Å²) < 4.78 is 2.28. The quantitative estimate of drug-likeness (QED) is 0.325. The van der Waals surface area contributed by atoms with E-state index >= 15 is 0 Å². The lowest BCUT2D eigenvalue weighted by molar-refractivity contribution is 0.0957. The molecule has 0 atom stereocenters. The van der Waals surface area contributed by atoms with Crippen LogP contribution in [-0.4, -0.2) is 16.7 Å². The van der Waals surface area contributed by atoms with Gasteiger partial charge in [0.05, 0.1) is 11.9 Å². The first-order valence-electron chi connectivity index (χ1n) is 10.6. The average Bonchev–Trinajstić information content (AvgIpc) is 3.06. The summed E-state index contributed by atoms with van der Waals surface area (Å²) in [5.41, 5.74) is 10.3. The number of benzene rings is 3. The van der Waals surface area contributed by atoms with Crippen LogP contribution >= 0.6 is 0 Å². The maximum Gasteiger partial charge on any atom is 0.271 e. The smallest absolute Gasteiger partial charge is 0.271 e. The molecule has 0 saturated carbocycles. The third kappa shape index (κ3) is 3.89. The lowest BCUT2D eigenvalue weighted by Gasteiger charge is -2.17. The molecule has 0 bridgehead atoms. The maximum absolute atomic E-state index is 12.7. The number of carbonyl (C=O) groups is 1. The topological polar surface area (TPSA) is 46.4 Å². The molecule has 1 aromatic heterocycles. The van der Waals surface area contributed by atoms with E-state index in [9.17, 15) is 4.79 Å². The number of hydrogen-bond acceptors (Lipinski definition) is 2. The number of hydrazone groups is 1. The van der Waals surface area contributed by atoms with Gasteiger partial charge >= 0.3 is 0 Å². The fourth-order valence-electron chi connectivity index (χ4n) is 4.23. The molecule has 4 rings (SSSR count). The van der Waals surface area contributed by atoms with Gasteiger partial charge in [-0.05, 0) is 61.2 Å². The van der Waals surface area contributed by atoms with Crippen LogP contribution in [0.4, 0.5) is 0 Å². The predicted octanol–water partition coefficient (Wildman–Crippen LogP) is 5.88. The fraction of sp³-hybridized carbons (Fsp3) is 0.185. The Hall–Kier alpha value is -3.66. The number of nitrogens with zero attached hydrogens (tertiary/aromatic N) is 2. The number of aryl methyl sites for hydroxylation is 3. The minimum atomic E-state index is -0.214. The van der Waals surface area contributed by atoms with Gasteiger partial charge in [-0.3, -0.25) is 4.79 Å². The summed E-state index contributed by atoms with van der Waals surface area (Å²) in [7, 11) is 0. The molecule has 31 heavy (non-hydrogen) atoms. The summed E-state index contributed by atoms with van der Waals surface area (Å²) in [6.45, 7) is 8.51. The van der Waals surface area contributed by atoms with Gasteiger partial charge in [0.25, 0.3) is 5.91 Å². The van der Waals surface area contributed by atoms with Crippen molar-refractivity contribution < 1.29 is 4.79 Å².